The van der Waals surface area contributed by atoms with Gasteiger partial charge in [0, 0.05) is 5.56 Å². The van der Waals surface area contributed by atoms with E-state index in [0.29, 0.717) is 16.9 Å². The van der Waals surface area contributed by atoms with Crippen molar-refractivity contribution in [3.63, 3.8) is 0 Å². The van der Waals surface area contributed by atoms with Gasteiger partial charge in [0.25, 0.3) is 5.91 Å². The second-order valence-corrected chi connectivity index (χ2v) is 7.30. The molecule has 7 nitrogen and oxygen atoms in total. The van der Waals surface area contributed by atoms with Crippen molar-refractivity contribution in [3.05, 3.63) is 70.0 Å². The van der Waals surface area contributed by atoms with Crippen molar-refractivity contribution < 1.29 is 31.8 Å². The van der Waals surface area contributed by atoms with Crippen LogP contribution < -0.4 is 14.8 Å². The van der Waals surface area contributed by atoms with Gasteiger partial charge in [-0.1, -0.05) is 35.6 Å². The van der Waals surface area contributed by atoms with Gasteiger partial charge in [-0.2, -0.15) is 18.4 Å². The molecular formula is C21H14F4N4O3S. The number of nitriles is 1. The van der Waals surface area contributed by atoms with Crippen LogP contribution in [0.25, 0.3) is 6.08 Å². The van der Waals surface area contributed by atoms with Crippen LogP contribution in [0.4, 0.5) is 22.7 Å². The lowest BCUT2D eigenvalue weighted by atomic mass is 10.1. The number of anilines is 1. The molecule has 0 saturated heterocycles. The van der Waals surface area contributed by atoms with E-state index in [2.05, 4.69) is 15.5 Å². The van der Waals surface area contributed by atoms with Crippen LogP contribution in [-0.2, 0) is 17.6 Å². The van der Waals surface area contributed by atoms with E-state index in [1.807, 2.05) is 0 Å². The topological polar surface area (TPSA) is 97.1 Å². The fraction of sp³-hybridized carbons (Fsp3) is 0.143. The summed E-state index contributed by atoms with van der Waals surface area (Å²) >= 11 is 0.136. The average molecular weight is 478 g/mol. The Morgan fingerprint density at radius 3 is 2.61 bits per heavy atom. The minimum atomic E-state index is -4.69. The second kappa shape index (κ2) is 10.1. The smallest absolute Gasteiger partial charge is 0.445 e. The molecule has 0 saturated carbocycles. The van der Waals surface area contributed by atoms with Crippen LogP contribution >= 0.6 is 11.3 Å². The molecule has 0 bridgehead atoms. The molecule has 0 aliphatic carbocycles. The summed E-state index contributed by atoms with van der Waals surface area (Å²) in [4.78, 5) is 12.3. The van der Waals surface area contributed by atoms with Gasteiger partial charge in [0.15, 0.2) is 11.5 Å². The Kier molecular flexibility index (Phi) is 7.24. The van der Waals surface area contributed by atoms with Crippen molar-refractivity contribution in [3.8, 4) is 17.6 Å². The summed E-state index contributed by atoms with van der Waals surface area (Å²) < 4.78 is 62.5. The number of hydrogen-bond donors (Lipinski definition) is 1. The van der Waals surface area contributed by atoms with Gasteiger partial charge in [0.05, 0.1) is 7.11 Å². The van der Waals surface area contributed by atoms with Gasteiger partial charge in [0.1, 0.15) is 24.1 Å². The van der Waals surface area contributed by atoms with Crippen LogP contribution in [0.1, 0.15) is 16.1 Å². The molecule has 1 amide bonds. The maximum absolute atomic E-state index is 13.8. The minimum Gasteiger partial charge on any atom is -0.493 e. The number of nitrogens with zero attached hydrogens (tertiary/aromatic N) is 3. The van der Waals surface area contributed by atoms with Crippen LogP contribution in [-0.4, -0.2) is 23.2 Å². The summed E-state index contributed by atoms with van der Waals surface area (Å²) in [6.07, 6.45) is -3.48. The normalized spacial score (nSPS) is 11.6. The third-order valence-electron chi connectivity index (χ3n) is 4.09. The van der Waals surface area contributed by atoms with Gasteiger partial charge in [-0.25, -0.2) is 4.39 Å². The van der Waals surface area contributed by atoms with Crippen molar-refractivity contribution in [2.24, 2.45) is 0 Å². The Bertz CT molecular complexity index is 1230. The Hall–Kier alpha value is -3.98. The number of hydrogen-bond acceptors (Lipinski definition) is 7. The monoisotopic (exact) mass is 478 g/mol. The van der Waals surface area contributed by atoms with Gasteiger partial charge < -0.3 is 9.47 Å². The van der Waals surface area contributed by atoms with E-state index in [1.165, 1.54) is 37.5 Å². The number of benzene rings is 2. The lowest BCUT2D eigenvalue weighted by molar-refractivity contribution is -0.138. The van der Waals surface area contributed by atoms with E-state index in [9.17, 15) is 27.6 Å². The first kappa shape index (κ1) is 23.7. The zero-order valence-electron chi connectivity index (χ0n) is 16.8. The molecular weight excluding hydrogens is 464 g/mol. The Morgan fingerprint density at radius 1 is 1.21 bits per heavy atom. The number of amides is 1. The summed E-state index contributed by atoms with van der Waals surface area (Å²) in [5.41, 5.74) is 0.336. The first-order valence-corrected chi connectivity index (χ1v) is 9.91. The number of carbonyl (C=O) groups is 1. The molecule has 0 spiro atoms. The highest BCUT2D eigenvalue weighted by Gasteiger charge is 2.35. The van der Waals surface area contributed by atoms with Crippen LogP contribution in [0, 0.1) is 17.1 Å². The number of rotatable bonds is 7. The first-order chi connectivity index (χ1) is 15.7. The predicted octanol–water partition coefficient (Wildman–Crippen LogP) is 4.83. The average Bonchev–Trinajstić information content (AvgIpc) is 3.26. The van der Waals surface area contributed by atoms with E-state index in [0.717, 1.165) is 0 Å². The molecule has 0 unspecified atom stereocenters. The molecule has 1 N–H and O–H groups in total. The molecule has 1 heterocycles. The Morgan fingerprint density at radius 2 is 1.97 bits per heavy atom. The molecule has 170 valence electrons. The van der Waals surface area contributed by atoms with Crippen molar-refractivity contribution in [2.75, 3.05) is 12.4 Å². The summed E-state index contributed by atoms with van der Waals surface area (Å²) in [6, 6.07) is 12.3. The molecule has 12 heteroatoms. The zero-order valence-corrected chi connectivity index (χ0v) is 17.6. The number of ether oxygens (including phenoxy) is 2. The van der Waals surface area contributed by atoms with E-state index in [-0.39, 0.29) is 29.3 Å². The van der Waals surface area contributed by atoms with Crippen LogP contribution in [0.2, 0.25) is 0 Å². The highest BCUT2D eigenvalue weighted by Crippen LogP contribution is 2.33. The molecule has 3 aromatic rings. The third kappa shape index (κ3) is 6.05. The van der Waals surface area contributed by atoms with Crippen molar-refractivity contribution in [1.82, 2.24) is 10.2 Å². The predicted molar refractivity (Wildman–Crippen MR) is 111 cm³/mol. The summed E-state index contributed by atoms with van der Waals surface area (Å²) in [5, 5.41) is 16.0. The number of methoxy groups -OCH3 is 1. The third-order valence-corrected chi connectivity index (χ3v) is 4.98. The van der Waals surface area contributed by atoms with Gasteiger partial charge >= 0.3 is 6.18 Å². The molecule has 0 aliphatic rings. The van der Waals surface area contributed by atoms with Crippen LogP contribution in [0.5, 0.6) is 11.5 Å². The standard InChI is InChI=1S/C21H14F4N4O3S/c1-31-17-9-12(6-7-16(17)32-11-13-4-2-3-5-15(13)22)8-14(10-26)18(30)27-20-29-28-19(33-20)21(23,24)25/h2-9H,11H2,1H3,(H,27,29,30)/b14-8-. The number of alkyl halides is 3. The zero-order chi connectivity index (χ0) is 24.0. The van der Waals surface area contributed by atoms with Crippen LogP contribution in [0.15, 0.2) is 48.0 Å². The van der Waals surface area contributed by atoms with E-state index >= 15 is 0 Å². The Labute approximate surface area is 188 Å². The van der Waals surface area contributed by atoms with Gasteiger partial charge in [-0.15, -0.1) is 10.2 Å². The fourth-order valence-electron chi connectivity index (χ4n) is 2.53. The molecule has 0 fully saturated rings. The molecule has 1 aromatic heterocycles. The molecule has 2 aromatic carbocycles. The van der Waals surface area contributed by atoms with E-state index in [4.69, 9.17) is 9.47 Å². The fourth-order valence-corrected chi connectivity index (χ4v) is 3.14. The number of halogens is 4. The largest absolute Gasteiger partial charge is 0.493 e. The molecule has 33 heavy (non-hydrogen) atoms. The number of nitrogens with one attached hydrogen (secondary N) is 1. The highest BCUT2D eigenvalue weighted by atomic mass is 32.1. The maximum atomic E-state index is 13.8. The van der Waals surface area contributed by atoms with Crippen molar-refractivity contribution in [2.45, 2.75) is 12.8 Å². The summed E-state index contributed by atoms with van der Waals surface area (Å²) in [5.74, 6) is -0.814. The highest BCUT2D eigenvalue weighted by molar-refractivity contribution is 7.15. The van der Waals surface area contributed by atoms with E-state index < -0.39 is 28.0 Å². The van der Waals surface area contributed by atoms with Gasteiger partial charge in [-0.3, -0.25) is 10.1 Å². The maximum Gasteiger partial charge on any atom is 0.445 e. The molecule has 0 atom stereocenters. The summed E-state index contributed by atoms with van der Waals surface area (Å²) in [7, 11) is 1.38. The first-order valence-electron chi connectivity index (χ1n) is 9.09. The number of carbonyl (C=O) groups excluding carboxylic acids is 1. The SMILES string of the molecule is COc1cc(/C=C(/C#N)C(=O)Nc2nnc(C(F)(F)F)s2)ccc1OCc1ccccc1F. The number of aromatic nitrogens is 2. The second-order valence-electron chi connectivity index (χ2n) is 6.32. The van der Waals surface area contributed by atoms with Crippen molar-refractivity contribution in [1.29, 1.82) is 5.26 Å². The van der Waals surface area contributed by atoms with E-state index in [1.54, 1.807) is 24.3 Å². The van der Waals surface area contributed by atoms with Gasteiger partial charge in [0.2, 0.25) is 10.1 Å². The van der Waals surface area contributed by atoms with Crippen molar-refractivity contribution >= 4 is 28.5 Å². The quantitative estimate of drug-likeness (QED) is 0.297. The van der Waals surface area contributed by atoms with Crippen LogP contribution in [0.3, 0.4) is 0 Å². The molecule has 0 aliphatic heterocycles. The summed E-state index contributed by atoms with van der Waals surface area (Å²) in [6.45, 7) is -0.0498. The minimum absolute atomic E-state index is 0.0498. The lowest BCUT2D eigenvalue weighted by Crippen LogP contribution is -2.13. The van der Waals surface area contributed by atoms with Gasteiger partial charge in [-0.05, 0) is 29.8 Å². The molecule has 0 radical (unpaired) electrons. The Balaban J connectivity index is 1.75. The molecule has 3 rings (SSSR count). The lowest BCUT2D eigenvalue weighted by Gasteiger charge is -2.12.